The molecule has 0 radical (unpaired) electrons. The highest BCUT2D eigenvalue weighted by atomic mass is 32.2. The first-order valence-electron chi connectivity index (χ1n) is 17.6. The molecule has 7 aliphatic rings. The smallest absolute Gasteiger partial charge is 0.449 e. The molecule has 2 N–H and O–H groups in total. The Balaban J connectivity index is 1.17. The fourth-order valence-electron chi connectivity index (χ4n) is 9.65. The van der Waals surface area contributed by atoms with Crippen molar-refractivity contribution in [2.75, 3.05) is 29.6 Å². The van der Waals surface area contributed by atoms with Gasteiger partial charge in [-0.15, -0.1) is 0 Å². The molecule has 1 spiro atoms. The number of fused-ring (bicyclic) bond motifs is 3. The number of halogens is 6. The van der Waals surface area contributed by atoms with Gasteiger partial charge in [0.1, 0.15) is 5.60 Å². The van der Waals surface area contributed by atoms with Crippen molar-refractivity contribution >= 4 is 23.5 Å². The quantitative estimate of drug-likeness (QED) is 0.0780. The van der Waals surface area contributed by atoms with Gasteiger partial charge >= 0.3 is 12.4 Å². The van der Waals surface area contributed by atoms with E-state index in [0.29, 0.717) is 56.5 Å². The summed E-state index contributed by atoms with van der Waals surface area (Å²) in [7, 11) is 0. The zero-order valence-electron chi connectivity index (χ0n) is 28.7. The summed E-state index contributed by atoms with van der Waals surface area (Å²) in [6, 6.07) is 0. The summed E-state index contributed by atoms with van der Waals surface area (Å²) in [5.41, 5.74) is -2.85. The predicted octanol–water partition coefficient (Wildman–Crippen LogP) is 8.98. The first-order valence-corrected chi connectivity index (χ1v) is 19.9. The molecule has 0 aromatic heterocycles. The topological polar surface area (TPSA) is 95.8 Å². The number of alkyl halides is 6. The molecule has 2 aliphatic carbocycles. The summed E-state index contributed by atoms with van der Waals surface area (Å²) in [4.78, 5) is 16.9. The van der Waals surface area contributed by atoms with Crippen molar-refractivity contribution in [2.24, 2.45) is 35.5 Å². The lowest BCUT2D eigenvalue weighted by molar-refractivity contribution is -0.557. The highest BCUT2D eigenvalue weighted by molar-refractivity contribution is 8.03. The van der Waals surface area contributed by atoms with Crippen LogP contribution in [-0.2, 0) is 28.9 Å². The van der Waals surface area contributed by atoms with E-state index in [-0.39, 0.29) is 65.5 Å². The van der Waals surface area contributed by atoms with E-state index in [0.717, 1.165) is 11.8 Å². The van der Waals surface area contributed by atoms with Crippen LogP contribution >= 0.6 is 23.5 Å². The third-order valence-corrected chi connectivity index (χ3v) is 14.5. The van der Waals surface area contributed by atoms with E-state index < -0.39 is 59.0 Å². The van der Waals surface area contributed by atoms with Crippen molar-refractivity contribution in [3.8, 4) is 0 Å². The molecule has 0 aromatic rings. The van der Waals surface area contributed by atoms with Gasteiger partial charge in [-0.1, -0.05) is 13.8 Å². The molecule has 50 heavy (non-hydrogen) atoms. The molecule has 286 valence electrons. The van der Waals surface area contributed by atoms with Gasteiger partial charge < -0.3 is 19.3 Å². The number of aliphatic hydroxyl groups is 1. The number of hydrogen-bond donors (Lipinski definition) is 2. The van der Waals surface area contributed by atoms with Crippen molar-refractivity contribution in [2.45, 2.75) is 121 Å². The molecule has 0 amide bonds. The van der Waals surface area contributed by atoms with Crippen LogP contribution in [0.25, 0.3) is 0 Å². The Morgan fingerprint density at radius 1 is 0.900 bits per heavy atom. The van der Waals surface area contributed by atoms with Crippen LogP contribution in [0.5, 0.6) is 0 Å². The Hall–Kier alpha value is -0.880. The maximum atomic E-state index is 14.5. The zero-order valence-corrected chi connectivity index (χ0v) is 30.4. The number of hydrogen-bond acceptors (Lipinski definition) is 10. The first kappa shape index (κ1) is 38.8. The molecule has 11 atom stereocenters. The van der Waals surface area contributed by atoms with Crippen LogP contribution < -0.4 is 0 Å². The van der Waals surface area contributed by atoms with E-state index >= 15 is 0 Å². The number of ether oxygens (including phenoxy) is 3. The second kappa shape index (κ2) is 14.4. The largest absolute Gasteiger partial charge is 0.504 e. The van der Waals surface area contributed by atoms with E-state index in [9.17, 15) is 36.7 Å². The van der Waals surface area contributed by atoms with E-state index in [1.807, 2.05) is 13.8 Å². The molecule has 2 bridgehead atoms. The highest BCUT2D eigenvalue weighted by Crippen LogP contribution is 2.61. The summed E-state index contributed by atoms with van der Waals surface area (Å²) in [5, 5.41) is 20.8. The van der Waals surface area contributed by atoms with Crippen LogP contribution in [0.4, 0.5) is 26.3 Å². The molecule has 7 rings (SSSR count). The van der Waals surface area contributed by atoms with Crippen LogP contribution in [0.2, 0.25) is 0 Å². The normalized spacial score (nSPS) is 42.5. The molecular weight excluding hydrogens is 714 g/mol. The fraction of sp³-hybridized carbons (Fsp3) is 0.882. The molecule has 8 nitrogen and oxygen atoms in total. The van der Waals surface area contributed by atoms with Crippen molar-refractivity contribution < 1.29 is 65.6 Å². The van der Waals surface area contributed by atoms with Crippen molar-refractivity contribution in [1.29, 1.82) is 0 Å². The molecule has 5 aliphatic heterocycles. The average Bonchev–Trinajstić information content (AvgIpc) is 3.38. The van der Waals surface area contributed by atoms with Gasteiger partial charge in [0, 0.05) is 47.2 Å². The fourth-order valence-corrected chi connectivity index (χ4v) is 12.0. The molecule has 0 aromatic carbocycles. The summed E-state index contributed by atoms with van der Waals surface area (Å²) in [6.45, 7) is 7.45. The molecule has 4 saturated heterocycles. The highest BCUT2D eigenvalue weighted by Gasteiger charge is 2.70. The molecule has 16 heteroatoms. The number of aliphatic hydroxyl groups excluding tert-OH is 1. The van der Waals surface area contributed by atoms with E-state index in [4.69, 9.17) is 28.9 Å². The SMILES string of the molecule is C[C@@H]1CC[C@H]2C(CSCCSC/C(=C(/O)C(F)(F)F)[C@@H]3CC[C@@H](C)C4CC[C@H](C)OC[C@@]43OO)=C(C(F)(F)F)O[C@@H]3O[C@@]4(C)CCC1[C@]32OO4. The monoisotopic (exact) mass is 762 g/mol. The van der Waals surface area contributed by atoms with Gasteiger partial charge in [-0.2, -0.15) is 49.9 Å². The van der Waals surface area contributed by atoms with Crippen molar-refractivity contribution in [3.05, 3.63) is 22.7 Å². The van der Waals surface area contributed by atoms with Crippen molar-refractivity contribution in [3.63, 3.8) is 0 Å². The van der Waals surface area contributed by atoms with Crippen LogP contribution in [-0.4, -0.2) is 81.7 Å². The summed E-state index contributed by atoms with van der Waals surface area (Å²) in [6.07, 6.45) is -6.87. The van der Waals surface area contributed by atoms with Gasteiger partial charge in [-0.3, -0.25) is 5.26 Å². The molecular formula is C34H48F6O8S2. The second-order valence-electron chi connectivity index (χ2n) is 15.3. The van der Waals surface area contributed by atoms with E-state index in [1.54, 1.807) is 6.92 Å². The van der Waals surface area contributed by atoms with Gasteiger partial charge in [0.15, 0.2) is 11.4 Å². The third-order valence-electron chi connectivity index (χ3n) is 12.3. The van der Waals surface area contributed by atoms with E-state index in [1.165, 1.54) is 11.8 Å². The number of allylic oxidation sites excluding steroid dienone is 2. The van der Waals surface area contributed by atoms with Gasteiger partial charge in [0.05, 0.1) is 12.7 Å². The Bertz CT molecular complexity index is 1310. The lowest BCUT2D eigenvalue weighted by Gasteiger charge is -2.57. The van der Waals surface area contributed by atoms with Gasteiger partial charge in [0.25, 0.3) is 0 Å². The average molecular weight is 763 g/mol. The van der Waals surface area contributed by atoms with Gasteiger partial charge in [-0.25, -0.2) is 14.7 Å². The summed E-state index contributed by atoms with van der Waals surface area (Å²) in [5.74, 6) is -5.40. The third kappa shape index (κ3) is 6.95. The standard InChI is InChI=1S/C34H48F6O8S2/c1-18-5-8-25(31(46-42)17-43-20(3)7-10-23(18)31)21(27(41)33(35,36)37)15-49-13-14-50-16-22-26-9-6-19(2)24-11-12-30(4)45-29(32(24,26)48-47-30)44-28(22)34(38,39)40/h18-20,23-26,29,41-42H,5-17H2,1-4H3/b27-21-/t18-,19-,20+,23?,24?,25+,26+,29-,30-,31-,32-/m1/s1. The first-order chi connectivity index (χ1) is 23.5. The number of rotatable bonds is 9. The van der Waals surface area contributed by atoms with Gasteiger partial charge in [0.2, 0.25) is 17.8 Å². The lowest BCUT2D eigenvalue weighted by atomic mass is 9.59. The maximum absolute atomic E-state index is 14.5. The Kier molecular flexibility index (Phi) is 11.2. The molecule has 6 fully saturated rings. The Morgan fingerprint density at radius 3 is 2.30 bits per heavy atom. The van der Waals surface area contributed by atoms with Crippen LogP contribution in [0, 0.1) is 35.5 Å². The second-order valence-corrected chi connectivity index (χ2v) is 17.5. The van der Waals surface area contributed by atoms with Crippen LogP contribution in [0.1, 0.15) is 79.1 Å². The van der Waals surface area contributed by atoms with Gasteiger partial charge in [-0.05, 0) is 87.7 Å². The van der Waals surface area contributed by atoms with E-state index in [2.05, 4.69) is 6.92 Å². The van der Waals surface area contributed by atoms with Crippen LogP contribution in [0.15, 0.2) is 22.7 Å². The minimum absolute atomic E-state index is 0.0219. The molecule has 5 heterocycles. The van der Waals surface area contributed by atoms with Crippen LogP contribution in [0.3, 0.4) is 0 Å². The summed E-state index contributed by atoms with van der Waals surface area (Å²) < 4.78 is 103. The zero-order chi connectivity index (χ0) is 36.3. The predicted molar refractivity (Wildman–Crippen MR) is 174 cm³/mol. The number of thioether (sulfide) groups is 2. The maximum Gasteiger partial charge on any atom is 0.449 e. The minimum Gasteiger partial charge on any atom is -0.504 e. The Labute approximate surface area is 297 Å². The molecule has 2 unspecified atom stereocenters. The molecule has 2 saturated carbocycles. The lowest BCUT2D eigenvalue weighted by Crippen LogP contribution is -2.67. The summed E-state index contributed by atoms with van der Waals surface area (Å²) >= 11 is 2.38. The van der Waals surface area contributed by atoms with Crippen molar-refractivity contribution in [1.82, 2.24) is 0 Å². The minimum atomic E-state index is -5.02. The Morgan fingerprint density at radius 2 is 1.60 bits per heavy atom.